The van der Waals surface area contributed by atoms with Crippen LogP contribution in [0.15, 0.2) is 42.5 Å². The number of fused-ring (bicyclic) bond motifs is 4. The van der Waals surface area contributed by atoms with Gasteiger partial charge in [0.25, 0.3) is 5.91 Å². The van der Waals surface area contributed by atoms with Crippen LogP contribution in [-0.4, -0.2) is 75.1 Å². The Morgan fingerprint density at radius 3 is 2.61 bits per heavy atom. The maximum atomic E-state index is 14.0. The quantitative estimate of drug-likeness (QED) is 0.205. The number of amides is 3. The second-order valence-corrected chi connectivity index (χ2v) is 11.2. The summed E-state index contributed by atoms with van der Waals surface area (Å²) in [5.41, 5.74) is 1.59. The number of imide groups is 1. The molecule has 2 N–H and O–H groups in total. The third-order valence-electron chi connectivity index (χ3n) is 8.43. The van der Waals surface area contributed by atoms with Gasteiger partial charge in [-0.05, 0) is 80.9 Å². The number of aromatic hydroxyl groups is 1. The summed E-state index contributed by atoms with van der Waals surface area (Å²) in [5, 5.41) is 11.0. The average Bonchev–Trinajstić information content (AvgIpc) is 3.37. The number of halogens is 2. The smallest absolute Gasteiger partial charge is 0.387 e. The molecule has 0 radical (unpaired) electrons. The van der Waals surface area contributed by atoms with E-state index in [2.05, 4.69) is 28.5 Å². The Kier molecular flexibility index (Phi) is 8.22. The molecule has 0 unspecified atom stereocenters. The largest absolute Gasteiger partial charge is 0.508 e. The molecule has 1 saturated heterocycles. The Bertz CT molecular complexity index is 1430. The normalized spacial score (nSPS) is 20.4. The number of benzene rings is 2. The van der Waals surface area contributed by atoms with Crippen molar-refractivity contribution in [3.63, 3.8) is 0 Å². The van der Waals surface area contributed by atoms with Gasteiger partial charge in [-0.3, -0.25) is 14.6 Å². The molecule has 1 fully saturated rings. The molecule has 1 aromatic heterocycles. The highest BCUT2D eigenvalue weighted by Gasteiger charge is 2.60. The molecule has 220 valence electrons. The number of nitrogens with zero attached hydrogens (tertiary/aromatic N) is 3. The SMILES string of the molecule is CCCCCN(CC)CCCN1C(=O)N2[C@H](c3cccc(O)c3)c3[nH]c4ccc(OC(F)F)cc4c3C[C@@]2(C)C1=O. The fraction of sp³-hybridized carbons (Fsp3) is 0.484. The van der Waals surface area contributed by atoms with E-state index in [0.29, 0.717) is 35.1 Å². The Morgan fingerprint density at radius 2 is 1.90 bits per heavy atom. The molecule has 0 bridgehead atoms. The Labute approximate surface area is 238 Å². The average molecular weight is 569 g/mol. The van der Waals surface area contributed by atoms with Crippen molar-refractivity contribution in [1.29, 1.82) is 0 Å². The highest BCUT2D eigenvalue weighted by molar-refractivity contribution is 6.08. The van der Waals surface area contributed by atoms with Gasteiger partial charge in [-0.15, -0.1) is 0 Å². The zero-order chi connectivity index (χ0) is 29.3. The van der Waals surface area contributed by atoms with Crippen molar-refractivity contribution in [3.8, 4) is 11.5 Å². The lowest BCUT2D eigenvalue weighted by molar-refractivity contribution is -0.133. The third kappa shape index (κ3) is 5.37. The number of hydrogen-bond acceptors (Lipinski definition) is 5. The molecule has 0 aliphatic carbocycles. The van der Waals surface area contributed by atoms with Crippen LogP contribution in [0.2, 0.25) is 0 Å². The fourth-order valence-corrected chi connectivity index (χ4v) is 6.37. The monoisotopic (exact) mass is 568 g/mol. The molecule has 3 aromatic rings. The van der Waals surface area contributed by atoms with Crippen molar-refractivity contribution < 1.29 is 28.2 Å². The highest BCUT2D eigenvalue weighted by atomic mass is 19.3. The summed E-state index contributed by atoms with van der Waals surface area (Å²) in [4.78, 5) is 36.7. The van der Waals surface area contributed by atoms with Crippen molar-refractivity contribution >= 4 is 22.8 Å². The van der Waals surface area contributed by atoms with Crippen LogP contribution in [0.5, 0.6) is 11.5 Å². The molecule has 0 spiro atoms. The number of rotatable bonds is 12. The van der Waals surface area contributed by atoms with Crippen LogP contribution in [0.1, 0.15) is 69.3 Å². The number of alkyl halides is 2. The summed E-state index contributed by atoms with van der Waals surface area (Å²) in [5.74, 6) is -0.218. The zero-order valence-corrected chi connectivity index (χ0v) is 23.8. The molecule has 8 nitrogen and oxygen atoms in total. The van der Waals surface area contributed by atoms with Crippen LogP contribution in [0.4, 0.5) is 13.6 Å². The van der Waals surface area contributed by atoms with E-state index in [1.807, 2.05) is 6.07 Å². The lowest BCUT2D eigenvalue weighted by Gasteiger charge is -2.42. The number of ether oxygens (including phenoxy) is 1. The van der Waals surface area contributed by atoms with E-state index < -0.39 is 18.2 Å². The first-order chi connectivity index (χ1) is 19.7. The van der Waals surface area contributed by atoms with Gasteiger partial charge in [-0.25, -0.2) is 4.79 Å². The fourth-order valence-electron chi connectivity index (χ4n) is 6.37. The number of carbonyl (C=O) groups is 2. The molecule has 3 amide bonds. The van der Waals surface area contributed by atoms with Gasteiger partial charge in [0.05, 0.1) is 0 Å². The summed E-state index contributed by atoms with van der Waals surface area (Å²) in [6, 6.07) is 10.3. The number of hydrogen-bond donors (Lipinski definition) is 2. The summed E-state index contributed by atoms with van der Waals surface area (Å²) >= 11 is 0. The lowest BCUT2D eigenvalue weighted by atomic mass is 9.81. The molecule has 0 saturated carbocycles. The molecule has 3 heterocycles. The summed E-state index contributed by atoms with van der Waals surface area (Å²) in [7, 11) is 0. The minimum Gasteiger partial charge on any atom is -0.508 e. The molecular weight excluding hydrogens is 530 g/mol. The first-order valence-corrected chi connectivity index (χ1v) is 14.4. The van der Waals surface area contributed by atoms with Gasteiger partial charge in [-0.1, -0.05) is 38.8 Å². The van der Waals surface area contributed by atoms with Gasteiger partial charge in [0.1, 0.15) is 23.1 Å². The van der Waals surface area contributed by atoms with Crippen LogP contribution in [0, 0.1) is 0 Å². The molecule has 2 atom stereocenters. The number of aromatic nitrogens is 1. The van der Waals surface area contributed by atoms with E-state index in [1.165, 1.54) is 17.4 Å². The van der Waals surface area contributed by atoms with Crippen LogP contribution < -0.4 is 4.74 Å². The summed E-state index contributed by atoms with van der Waals surface area (Å²) in [6.07, 6.45) is 4.34. The van der Waals surface area contributed by atoms with Crippen molar-refractivity contribution in [3.05, 3.63) is 59.3 Å². The highest BCUT2D eigenvalue weighted by Crippen LogP contribution is 2.49. The minimum atomic E-state index is -2.96. The third-order valence-corrected chi connectivity index (χ3v) is 8.43. The van der Waals surface area contributed by atoms with Crippen LogP contribution >= 0.6 is 0 Å². The summed E-state index contributed by atoms with van der Waals surface area (Å²) < 4.78 is 30.6. The Morgan fingerprint density at radius 1 is 1.12 bits per heavy atom. The number of H-pyrrole nitrogens is 1. The van der Waals surface area contributed by atoms with Gasteiger partial charge in [0.2, 0.25) is 0 Å². The number of phenolic OH excluding ortho intramolecular Hbond substituents is 1. The van der Waals surface area contributed by atoms with E-state index in [1.54, 1.807) is 42.2 Å². The molecule has 5 rings (SSSR count). The second kappa shape index (κ2) is 11.7. The molecule has 2 aliphatic rings. The van der Waals surface area contributed by atoms with Crippen molar-refractivity contribution in [2.45, 2.75) is 71.1 Å². The van der Waals surface area contributed by atoms with E-state index in [-0.39, 0.29) is 29.9 Å². The maximum absolute atomic E-state index is 14.0. The minimum absolute atomic E-state index is 0.0191. The predicted molar refractivity (Wildman–Crippen MR) is 152 cm³/mol. The second-order valence-electron chi connectivity index (χ2n) is 11.2. The Hall–Kier alpha value is -3.66. The molecular formula is C31H38F2N4O4. The van der Waals surface area contributed by atoms with Crippen LogP contribution in [0.3, 0.4) is 0 Å². The van der Waals surface area contributed by atoms with E-state index >= 15 is 0 Å². The number of unbranched alkanes of at least 4 members (excludes halogenated alkanes) is 2. The topological polar surface area (TPSA) is 89.1 Å². The van der Waals surface area contributed by atoms with Gasteiger partial charge >= 0.3 is 12.6 Å². The number of phenols is 1. The molecule has 2 aromatic carbocycles. The molecule has 41 heavy (non-hydrogen) atoms. The zero-order valence-electron chi connectivity index (χ0n) is 23.8. The van der Waals surface area contributed by atoms with Gasteiger partial charge < -0.3 is 19.7 Å². The molecule has 2 aliphatic heterocycles. The predicted octanol–water partition coefficient (Wildman–Crippen LogP) is 6.05. The standard InChI is InChI=1S/C31H38F2N4O4/c1-4-6-7-14-35(5-2)15-9-16-36-28(39)31(3)19-24-23-18-22(41-29(32)33)12-13-25(23)34-26(24)27(37(31)30(36)40)20-10-8-11-21(38)17-20/h8,10-13,17-18,27,29,34,38H,4-7,9,14-16,19H2,1-3H3/t27-,31+/m1/s1. The van der Waals surface area contributed by atoms with E-state index in [4.69, 9.17) is 0 Å². The molecule has 10 heteroatoms. The first-order valence-electron chi connectivity index (χ1n) is 14.4. The van der Waals surface area contributed by atoms with Crippen molar-refractivity contribution in [2.24, 2.45) is 0 Å². The van der Waals surface area contributed by atoms with Crippen molar-refractivity contribution in [1.82, 2.24) is 19.7 Å². The van der Waals surface area contributed by atoms with Crippen LogP contribution in [0.25, 0.3) is 10.9 Å². The number of carbonyl (C=O) groups excluding carboxylic acids is 2. The van der Waals surface area contributed by atoms with Crippen molar-refractivity contribution in [2.75, 3.05) is 26.2 Å². The maximum Gasteiger partial charge on any atom is 0.387 e. The van der Waals surface area contributed by atoms with Gasteiger partial charge in [-0.2, -0.15) is 8.78 Å². The number of aromatic amines is 1. The van der Waals surface area contributed by atoms with E-state index in [9.17, 15) is 23.5 Å². The number of nitrogens with one attached hydrogen (secondary N) is 1. The lowest BCUT2D eigenvalue weighted by Crippen LogP contribution is -2.53. The van der Waals surface area contributed by atoms with E-state index in [0.717, 1.165) is 38.0 Å². The van der Waals surface area contributed by atoms with Crippen LogP contribution in [-0.2, 0) is 11.2 Å². The Balaban J connectivity index is 1.50. The van der Waals surface area contributed by atoms with Gasteiger partial charge in [0.15, 0.2) is 0 Å². The van der Waals surface area contributed by atoms with Gasteiger partial charge in [0, 0.05) is 29.6 Å². The summed E-state index contributed by atoms with van der Waals surface area (Å²) in [6.45, 7) is 6.11. The first kappa shape index (κ1) is 28.9. The number of urea groups is 1.